The maximum absolute atomic E-state index is 4.62. The highest BCUT2D eigenvalue weighted by molar-refractivity contribution is 9.10. The Bertz CT molecular complexity index is 534. The van der Waals surface area contributed by atoms with E-state index < -0.39 is 0 Å². The first-order valence-corrected chi connectivity index (χ1v) is 6.88. The molecule has 2 aromatic heterocycles. The van der Waals surface area contributed by atoms with Crippen LogP contribution in [0.2, 0.25) is 0 Å². The van der Waals surface area contributed by atoms with Crippen molar-refractivity contribution in [2.75, 3.05) is 13.6 Å². The van der Waals surface area contributed by atoms with Gasteiger partial charge in [-0.1, -0.05) is 6.42 Å². The van der Waals surface area contributed by atoms with Crippen LogP contribution in [0, 0.1) is 0 Å². The summed E-state index contributed by atoms with van der Waals surface area (Å²) in [6, 6.07) is 4.58. The predicted molar refractivity (Wildman–Crippen MR) is 72.1 cm³/mol. The van der Waals surface area contributed by atoms with E-state index in [-0.39, 0.29) is 0 Å². The lowest BCUT2D eigenvalue weighted by Gasteiger charge is -2.31. The number of hydrogen-bond acceptors (Lipinski definition) is 2. The summed E-state index contributed by atoms with van der Waals surface area (Å²) in [5.41, 5.74) is 1.15. The molecule has 3 heterocycles. The minimum absolute atomic E-state index is 0.459. The summed E-state index contributed by atoms with van der Waals surface area (Å²) >= 11 is 3.57. The molecular weight excluding hydrogens is 278 g/mol. The SMILES string of the molecule is CN1CCCCC1c1ncc2c(Br)cccn12. The molecule has 1 unspecified atom stereocenters. The standard InChI is InChI=1S/C13H16BrN3/c1-16-7-3-2-6-11(16)13-15-9-12-10(14)5-4-8-17(12)13/h4-5,8-9,11H,2-3,6-7H2,1H3. The third kappa shape index (κ3) is 1.89. The maximum Gasteiger partial charge on any atom is 0.130 e. The first-order chi connectivity index (χ1) is 8.27. The third-order valence-corrected chi connectivity index (χ3v) is 4.29. The topological polar surface area (TPSA) is 20.5 Å². The molecule has 0 bridgehead atoms. The minimum atomic E-state index is 0.459. The summed E-state index contributed by atoms with van der Waals surface area (Å²) in [4.78, 5) is 7.04. The number of piperidine rings is 1. The Morgan fingerprint density at radius 3 is 3.12 bits per heavy atom. The van der Waals surface area contributed by atoms with Gasteiger partial charge >= 0.3 is 0 Å². The number of rotatable bonds is 1. The van der Waals surface area contributed by atoms with Gasteiger partial charge in [0.1, 0.15) is 5.82 Å². The van der Waals surface area contributed by atoms with Crippen molar-refractivity contribution < 1.29 is 0 Å². The Balaban J connectivity index is 2.08. The van der Waals surface area contributed by atoms with Crippen LogP contribution in [0.25, 0.3) is 5.52 Å². The lowest BCUT2D eigenvalue weighted by molar-refractivity contribution is 0.179. The highest BCUT2D eigenvalue weighted by Crippen LogP contribution is 2.30. The summed E-state index contributed by atoms with van der Waals surface area (Å²) in [5, 5.41) is 0. The van der Waals surface area contributed by atoms with Gasteiger partial charge < -0.3 is 4.40 Å². The van der Waals surface area contributed by atoms with Gasteiger partial charge in [-0.05, 0) is 54.5 Å². The largest absolute Gasteiger partial charge is 0.301 e. The number of likely N-dealkylation sites (tertiary alicyclic amines) is 1. The van der Waals surface area contributed by atoms with Gasteiger partial charge in [0.25, 0.3) is 0 Å². The molecule has 90 valence electrons. The van der Waals surface area contributed by atoms with Crippen LogP contribution in [-0.4, -0.2) is 27.9 Å². The number of pyridine rings is 1. The Hall–Kier alpha value is -0.870. The molecule has 17 heavy (non-hydrogen) atoms. The highest BCUT2D eigenvalue weighted by atomic mass is 79.9. The molecule has 1 aliphatic heterocycles. The molecule has 4 heteroatoms. The van der Waals surface area contributed by atoms with E-state index in [4.69, 9.17) is 0 Å². The lowest BCUT2D eigenvalue weighted by Crippen LogP contribution is -2.30. The van der Waals surface area contributed by atoms with Gasteiger partial charge in [0.2, 0.25) is 0 Å². The highest BCUT2D eigenvalue weighted by Gasteiger charge is 2.24. The van der Waals surface area contributed by atoms with Gasteiger partial charge in [-0.2, -0.15) is 0 Å². The van der Waals surface area contributed by atoms with E-state index in [0.717, 1.165) is 9.99 Å². The second kappa shape index (κ2) is 4.42. The van der Waals surface area contributed by atoms with E-state index in [9.17, 15) is 0 Å². The fraction of sp³-hybridized carbons (Fsp3) is 0.462. The molecule has 0 spiro atoms. The van der Waals surface area contributed by atoms with Crippen LogP contribution in [0.5, 0.6) is 0 Å². The van der Waals surface area contributed by atoms with Crippen LogP contribution in [0.4, 0.5) is 0 Å². The van der Waals surface area contributed by atoms with E-state index in [1.54, 1.807) is 0 Å². The normalized spacial score (nSPS) is 22.1. The van der Waals surface area contributed by atoms with Crippen LogP contribution in [0.1, 0.15) is 31.1 Å². The number of halogens is 1. The number of fused-ring (bicyclic) bond motifs is 1. The summed E-state index contributed by atoms with van der Waals surface area (Å²) in [6.07, 6.45) is 7.88. The summed E-state index contributed by atoms with van der Waals surface area (Å²) < 4.78 is 3.31. The van der Waals surface area contributed by atoms with E-state index in [1.165, 1.54) is 31.6 Å². The van der Waals surface area contributed by atoms with Crippen molar-refractivity contribution in [3.05, 3.63) is 34.8 Å². The summed E-state index contributed by atoms with van der Waals surface area (Å²) in [7, 11) is 2.20. The molecule has 0 amide bonds. The smallest absolute Gasteiger partial charge is 0.130 e. The lowest BCUT2D eigenvalue weighted by atomic mass is 10.0. The first kappa shape index (κ1) is 11.2. The van der Waals surface area contributed by atoms with Crippen LogP contribution in [-0.2, 0) is 0 Å². The van der Waals surface area contributed by atoms with Gasteiger partial charge in [-0.3, -0.25) is 4.90 Å². The molecule has 1 aliphatic rings. The second-order valence-electron chi connectivity index (χ2n) is 4.72. The molecule has 2 aromatic rings. The quantitative estimate of drug-likeness (QED) is 0.805. The molecule has 0 aromatic carbocycles. The molecule has 0 aliphatic carbocycles. The van der Waals surface area contributed by atoms with Crippen LogP contribution < -0.4 is 0 Å². The van der Waals surface area contributed by atoms with Crippen molar-refractivity contribution in [2.24, 2.45) is 0 Å². The maximum atomic E-state index is 4.62. The van der Waals surface area contributed by atoms with Gasteiger partial charge in [0, 0.05) is 10.7 Å². The monoisotopic (exact) mass is 293 g/mol. The van der Waals surface area contributed by atoms with Crippen molar-refractivity contribution in [1.82, 2.24) is 14.3 Å². The number of aromatic nitrogens is 2. The molecule has 3 rings (SSSR count). The van der Waals surface area contributed by atoms with E-state index in [1.807, 2.05) is 6.20 Å². The van der Waals surface area contributed by atoms with E-state index in [2.05, 4.69) is 55.6 Å². The van der Waals surface area contributed by atoms with E-state index >= 15 is 0 Å². The zero-order valence-electron chi connectivity index (χ0n) is 9.93. The Kier molecular flexibility index (Phi) is 2.92. The Morgan fingerprint density at radius 1 is 1.41 bits per heavy atom. The predicted octanol–water partition coefficient (Wildman–Crippen LogP) is 3.25. The third-order valence-electron chi connectivity index (χ3n) is 3.62. The number of hydrogen-bond donors (Lipinski definition) is 0. The number of imidazole rings is 1. The van der Waals surface area contributed by atoms with Gasteiger partial charge in [-0.25, -0.2) is 4.98 Å². The molecule has 1 fully saturated rings. The molecule has 0 radical (unpaired) electrons. The summed E-state index contributed by atoms with van der Waals surface area (Å²) in [5.74, 6) is 1.17. The molecule has 1 atom stereocenters. The van der Waals surface area contributed by atoms with Crippen LogP contribution in [0.15, 0.2) is 29.0 Å². The van der Waals surface area contributed by atoms with Crippen molar-refractivity contribution in [3.8, 4) is 0 Å². The molecule has 3 nitrogen and oxygen atoms in total. The number of nitrogens with zero attached hydrogens (tertiary/aromatic N) is 3. The van der Waals surface area contributed by atoms with Crippen molar-refractivity contribution in [2.45, 2.75) is 25.3 Å². The fourth-order valence-electron chi connectivity index (χ4n) is 2.66. The zero-order valence-corrected chi connectivity index (χ0v) is 11.5. The van der Waals surface area contributed by atoms with Crippen molar-refractivity contribution in [3.63, 3.8) is 0 Å². The second-order valence-corrected chi connectivity index (χ2v) is 5.57. The fourth-order valence-corrected chi connectivity index (χ4v) is 3.10. The zero-order chi connectivity index (χ0) is 11.8. The average Bonchev–Trinajstić information content (AvgIpc) is 2.75. The Labute approximate surface area is 110 Å². The molecular formula is C13H16BrN3. The first-order valence-electron chi connectivity index (χ1n) is 6.09. The molecule has 0 saturated carbocycles. The van der Waals surface area contributed by atoms with Crippen molar-refractivity contribution in [1.29, 1.82) is 0 Å². The Morgan fingerprint density at radius 2 is 2.29 bits per heavy atom. The van der Waals surface area contributed by atoms with Gasteiger partial charge in [0.15, 0.2) is 0 Å². The van der Waals surface area contributed by atoms with Gasteiger partial charge in [0.05, 0.1) is 17.8 Å². The van der Waals surface area contributed by atoms with Crippen LogP contribution in [0.3, 0.4) is 0 Å². The van der Waals surface area contributed by atoms with Crippen molar-refractivity contribution >= 4 is 21.4 Å². The minimum Gasteiger partial charge on any atom is -0.301 e. The molecule has 0 N–H and O–H groups in total. The average molecular weight is 294 g/mol. The van der Waals surface area contributed by atoms with Gasteiger partial charge in [-0.15, -0.1) is 0 Å². The summed E-state index contributed by atoms with van der Waals surface area (Å²) in [6.45, 7) is 1.17. The molecule has 1 saturated heterocycles. The van der Waals surface area contributed by atoms with Crippen LogP contribution >= 0.6 is 15.9 Å². The van der Waals surface area contributed by atoms with E-state index in [0.29, 0.717) is 6.04 Å².